The normalized spacial score (nSPS) is 20.2. The number of hydrogen-bond acceptors (Lipinski definition) is 4. The van der Waals surface area contributed by atoms with Crippen LogP contribution in [0.3, 0.4) is 0 Å². The minimum Gasteiger partial charge on any atom is -0.480 e. The quantitative estimate of drug-likeness (QED) is 0.609. The summed E-state index contributed by atoms with van der Waals surface area (Å²) in [5.41, 5.74) is 5.21. The van der Waals surface area contributed by atoms with Gasteiger partial charge in [-0.05, 0) is 6.42 Å². The Balaban J connectivity index is 2.66. The number of nitrogens with zero attached hydrogens (tertiary/aromatic N) is 1. The van der Waals surface area contributed by atoms with Gasteiger partial charge in [0.1, 0.15) is 12.1 Å². The van der Waals surface area contributed by atoms with Gasteiger partial charge in [0, 0.05) is 6.54 Å². The summed E-state index contributed by atoms with van der Waals surface area (Å²) in [5.74, 6) is -1.75. The van der Waals surface area contributed by atoms with Gasteiger partial charge < -0.3 is 25.8 Å². The van der Waals surface area contributed by atoms with Crippen LogP contribution in [0.1, 0.15) is 26.2 Å². The van der Waals surface area contributed by atoms with Crippen LogP contribution in [0.5, 0.6) is 0 Å². The van der Waals surface area contributed by atoms with E-state index < -0.39 is 30.0 Å². The maximum atomic E-state index is 12.1. The van der Waals surface area contributed by atoms with Crippen molar-refractivity contribution >= 4 is 17.9 Å². The summed E-state index contributed by atoms with van der Waals surface area (Å²) in [5, 5.41) is 11.5. The lowest BCUT2D eigenvalue weighted by atomic mass is 10.1. The first-order chi connectivity index (χ1) is 9.47. The van der Waals surface area contributed by atoms with E-state index in [1.54, 1.807) is 0 Å². The molecule has 0 aromatic heterocycles. The molecule has 3 amide bonds. The molecular weight excluding hydrogens is 266 g/mol. The van der Waals surface area contributed by atoms with E-state index in [2.05, 4.69) is 5.32 Å². The number of carboxylic acids is 1. The van der Waals surface area contributed by atoms with E-state index in [4.69, 9.17) is 15.6 Å². The van der Waals surface area contributed by atoms with Crippen LogP contribution >= 0.6 is 0 Å². The summed E-state index contributed by atoms with van der Waals surface area (Å²) in [7, 11) is 0. The number of carbonyl (C=O) groups excluding carboxylic acids is 2. The molecule has 1 unspecified atom stereocenters. The van der Waals surface area contributed by atoms with Crippen molar-refractivity contribution in [3.05, 3.63) is 0 Å². The Bertz CT molecular complexity index is 374. The van der Waals surface area contributed by atoms with Gasteiger partial charge in [0.2, 0.25) is 5.91 Å². The van der Waals surface area contributed by atoms with Crippen LogP contribution in [0.4, 0.5) is 4.79 Å². The second kappa shape index (κ2) is 7.68. The number of nitrogens with one attached hydrogen (secondary N) is 1. The van der Waals surface area contributed by atoms with Gasteiger partial charge in [0.15, 0.2) is 0 Å². The lowest BCUT2D eigenvalue weighted by Crippen LogP contribution is -2.59. The first-order valence-corrected chi connectivity index (χ1v) is 6.64. The molecule has 0 radical (unpaired) electrons. The van der Waals surface area contributed by atoms with Gasteiger partial charge in [0.25, 0.3) is 0 Å². The maximum Gasteiger partial charge on any atom is 0.326 e. The third-order valence-electron chi connectivity index (χ3n) is 3.16. The number of aliphatic carboxylic acids is 1. The van der Waals surface area contributed by atoms with Crippen molar-refractivity contribution in [2.45, 2.75) is 38.3 Å². The molecule has 0 spiro atoms. The van der Waals surface area contributed by atoms with Gasteiger partial charge >= 0.3 is 12.0 Å². The molecule has 2 atom stereocenters. The molecule has 1 heterocycles. The molecule has 8 nitrogen and oxygen atoms in total. The number of primary amides is 1. The molecule has 1 aliphatic heterocycles. The number of morpholine rings is 1. The standard InChI is InChI=1S/C12H21N3O5/c1-2-3-4-8(11(17)18)14-12(19)15-5-6-20-7-9(15)10(13)16/h8-9H,2-7H2,1H3,(H2,13,16)(H,14,19)(H,17,18)/t8-,9?/m0/s1. The summed E-state index contributed by atoms with van der Waals surface area (Å²) in [6.07, 6.45) is 1.88. The van der Waals surface area contributed by atoms with Crippen LogP contribution in [-0.2, 0) is 14.3 Å². The molecule has 0 bridgehead atoms. The van der Waals surface area contributed by atoms with Gasteiger partial charge in [0.05, 0.1) is 13.2 Å². The van der Waals surface area contributed by atoms with Crippen LogP contribution in [0, 0.1) is 0 Å². The van der Waals surface area contributed by atoms with Crippen LogP contribution < -0.4 is 11.1 Å². The van der Waals surface area contributed by atoms with E-state index >= 15 is 0 Å². The second-order valence-corrected chi connectivity index (χ2v) is 4.67. The maximum absolute atomic E-state index is 12.1. The lowest BCUT2D eigenvalue weighted by molar-refractivity contribution is -0.139. The second-order valence-electron chi connectivity index (χ2n) is 4.67. The van der Waals surface area contributed by atoms with E-state index in [0.29, 0.717) is 19.4 Å². The van der Waals surface area contributed by atoms with Crippen molar-refractivity contribution in [3.8, 4) is 0 Å². The number of hydrogen-bond donors (Lipinski definition) is 3. The predicted octanol–water partition coefficient (Wildman–Crippen LogP) is -0.474. The zero-order valence-corrected chi connectivity index (χ0v) is 11.5. The third kappa shape index (κ3) is 4.37. The molecule has 114 valence electrons. The topological polar surface area (TPSA) is 122 Å². The molecule has 20 heavy (non-hydrogen) atoms. The number of unbranched alkanes of at least 4 members (excludes halogenated alkanes) is 1. The third-order valence-corrected chi connectivity index (χ3v) is 3.16. The number of nitrogens with two attached hydrogens (primary N) is 1. The van der Waals surface area contributed by atoms with Crippen molar-refractivity contribution in [2.24, 2.45) is 5.73 Å². The minimum atomic E-state index is -1.09. The highest BCUT2D eigenvalue weighted by Crippen LogP contribution is 2.08. The van der Waals surface area contributed by atoms with Crippen LogP contribution in [0.25, 0.3) is 0 Å². The summed E-state index contributed by atoms with van der Waals surface area (Å²) in [6, 6.07) is -2.41. The largest absolute Gasteiger partial charge is 0.480 e. The Morgan fingerprint density at radius 1 is 1.50 bits per heavy atom. The number of urea groups is 1. The predicted molar refractivity (Wildman–Crippen MR) is 70.0 cm³/mol. The van der Waals surface area contributed by atoms with Gasteiger partial charge in [-0.1, -0.05) is 19.8 Å². The van der Waals surface area contributed by atoms with Gasteiger partial charge in [-0.3, -0.25) is 4.79 Å². The molecule has 1 fully saturated rings. The van der Waals surface area contributed by atoms with E-state index in [1.807, 2.05) is 6.92 Å². The molecule has 4 N–H and O–H groups in total. The monoisotopic (exact) mass is 287 g/mol. The highest BCUT2D eigenvalue weighted by atomic mass is 16.5. The number of carboxylic acid groups (broad SMARTS) is 1. The Morgan fingerprint density at radius 3 is 2.75 bits per heavy atom. The Hall–Kier alpha value is -1.83. The van der Waals surface area contributed by atoms with Gasteiger partial charge in [-0.15, -0.1) is 0 Å². The van der Waals surface area contributed by atoms with Crippen LogP contribution in [0.2, 0.25) is 0 Å². The number of ether oxygens (including phenoxy) is 1. The van der Waals surface area contributed by atoms with E-state index in [1.165, 1.54) is 4.90 Å². The molecular formula is C12H21N3O5. The Morgan fingerprint density at radius 2 is 2.20 bits per heavy atom. The highest BCUT2D eigenvalue weighted by Gasteiger charge is 2.33. The molecule has 1 rings (SSSR count). The first kappa shape index (κ1) is 16.2. The molecule has 1 saturated heterocycles. The lowest BCUT2D eigenvalue weighted by Gasteiger charge is -2.34. The average molecular weight is 287 g/mol. The average Bonchev–Trinajstić information content (AvgIpc) is 2.42. The molecule has 8 heteroatoms. The number of amides is 3. The van der Waals surface area contributed by atoms with Crippen molar-refractivity contribution in [2.75, 3.05) is 19.8 Å². The summed E-state index contributed by atoms with van der Waals surface area (Å²) in [4.78, 5) is 35.7. The summed E-state index contributed by atoms with van der Waals surface area (Å²) in [6.45, 7) is 2.48. The van der Waals surface area contributed by atoms with E-state index in [-0.39, 0.29) is 13.2 Å². The molecule has 0 aromatic carbocycles. The summed E-state index contributed by atoms with van der Waals surface area (Å²) >= 11 is 0. The fourth-order valence-electron chi connectivity index (χ4n) is 1.98. The number of rotatable bonds is 6. The van der Waals surface area contributed by atoms with Gasteiger partial charge in [-0.25, -0.2) is 9.59 Å². The van der Waals surface area contributed by atoms with Crippen LogP contribution in [0.15, 0.2) is 0 Å². The summed E-state index contributed by atoms with van der Waals surface area (Å²) < 4.78 is 5.10. The smallest absolute Gasteiger partial charge is 0.326 e. The van der Waals surface area contributed by atoms with E-state index in [9.17, 15) is 14.4 Å². The van der Waals surface area contributed by atoms with Crippen LogP contribution in [-0.4, -0.2) is 59.8 Å². The zero-order valence-electron chi connectivity index (χ0n) is 11.5. The molecule has 0 saturated carbocycles. The van der Waals surface area contributed by atoms with Crippen molar-refractivity contribution < 1.29 is 24.2 Å². The Labute approximate surface area is 117 Å². The fourth-order valence-corrected chi connectivity index (χ4v) is 1.98. The minimum absolute atomic E-state index is 0.0372. The highest BCUT2D eigenvalue weighted by molar-refractivity contribution is 5.88. The molecule has 0 aliphatic carbocycles. The SMILES string of the molecule is CCCC[C@H](NC(=O)N1CCOCC1C(N)=O)C(=O)O. The van der Waals surface area contributed by atoms with Gasteiger partial charge in [-0.2, -0.15) is 0 Å². The number of carbonyl (C=O) groups is 3. The van der Waals surface area contributed by atoms with Crippen molar-refractivity contribution in [1.29, 1.82) is 0 Å². The first-order valence-electron chi connectivity index (χ1n) is 6.64. The zero-order chi connectivity index (χ0) is 15.1. The van der Waals surface area contributed by atoms with Crippen molar-refractivity contribution in [1.82, 2.24) is 10.2 Å². The molecule has 0 aromatic rings. The Kier molecular flexibility index (Phi) is 6.23. The van der Waals surface area contributed by atoms with E-state index in [0.717, 1.165) is 6.42 Å². The van der Waals surface area contributed by atoms with Crippen molar-refractivity contribution in [3.63, 3.8) is 0 Å². The fraction of sp³-hybridized carbons (Fsp3) is 0.750. The molecule has 1 aliphatic rings.